The summed E-state index contributed by atoms with van der Waals surface area (Å²) in [5, 5.41) is 3.02. The summed E-state index contributed by atoms with van der Waals surface area (Å²) in [4.78, 5) is 12.0. The predicted octanol–water partition coefficient (Wildman–Crippen LogP) is 1.29. The average Bonchev–Trinajstić information content (AvgIpc) is 2.30. The predicted molar refractivity (Wildman–Crippen MR) is 68.6 cm³/mol. The number of nitrogens with two attached hydrogens (primary N) is 1. The topological polar surface area (TPSA) is 64.3 Å². The fourth-order valence-corrected chi connectivity index (χ4v) is 2.35. The molecule has 1 aliphatic carbocycles. The maximum Gasteiger partial charge on any atom is 0.223 e. The van der Waals surface area contributed by atoms with E-state index >= 15 is 0 Å². The van der Waals surface area contributed by atoms with Crippen LogP contribution in [0.3, 0.4) is 0 Å². The molecule has 0 heterocycles. The monoisotopic (exact) mass is 242 g/mol. The van der Waals surface area contributed by atoms with Crippen LogP contribution in [-0.2, 0) is 9.53 Å². The van der Waals surface area contributed by atoms with E-state index < -0.39 is 0 Å². The first-order valence-corrected chi connectivity index (χ1v) is 6.68. The lowest BCUT2D eigenvalue weighted by Crippen LogP contribution is -2.44. The summed E-state index contributed by atoms with van der Waals surface area (Å²) in [7, 11) is 0. The van der Waals surface area contributed by atoms with Crippen molar-refractivity contribution in [1.82, 2.24) is 5.32 Å². The summed E-state index contributed by atoms with van der Waals surface area (Å²) in [5.41, 5.74) is 5.96. The summed E-state index contributed by atoms with van der Waals surface area (Å²) >= 11 is 0. The highest BCUT2D eigenvalue weighted by Gasteiger charge is 2.29. The van der Waals surface area contributed by atoms with Crippen LogP contribution in [0.15, 0.2) is 0 Å². The second-order valence-electron chi connectivity index (χ2n) is 5.22. The van der Waals surface area contributed by atoms with Gasteiger partial charge in [0.15, 0.2) is 0 Å². The van der Waals surface area contributed by atoms with E-state index in [0.717, 1.165) is 19.3 Å². The molecule has 0 radical (unpaired) electrons. The number of carbonyl (C=O) groups excluding carboxylic acids is 1. The largest absolute Gasteiger partial charge is 0.380 e. The van der Waals surface area contributed by atoms with Gasteiger partial charge in [-0.25, -0.2) is 0 Å². The lowest BCUT2D eigenvalue weighted by molar-refractivity contribution is -0.127. The van der Waals surface area contributed by atoms with Crippen molar-refractivity contribution in [3.05, 3.63) is 0 Å². The van der Waals surface area contributed by atoms with Crippen molar-refractivity contribution >= 4 is 5.91 Å². The lowest BCUT2D eigenvalue weighted by Gasteiger charge is -2.31. The molecule has 1 rings (SSSR count). The molecule has 0 spiro atoms. The highest BCUT2D eigenvalue weighted by Crippen LogP contribution is 2.28. The first-order valence-electron chi connectivity index (χ1n) is 6.68. The molecule has 0 aliphatic heterocycles. The number of ether oxygens (including phenoxy) is 1. The van der Waals surface area contributed by atoms with E-state index in [1.54, 1.807) is 0 Å². The second kappa shape index (κ2) is 6.97. The fraction of sp³-hybridized carbons (Fsp3) is 0.923. The van der Waals surface area contributed by atoms with Crippen molar-refractivity contribution in [2.24, 2.45) is 17.6 Å². The normalized spacial score (nSPS) is 30.9. The van der Waals surface area contributed by atoms with E-state index in [9.17, 15) is 4.79 Å². The Kier molecular flexibility index (Phi) is 5.92. The average molecular weight is 242 g/mol. The molecule has 0 aromatic carbocycles. The Morgan fingerprint density at radius 3 is 2.82 bits per heavy atom. The summed E-state index contributed by atoms with van der Waals surface area (Å²) < 4.78 is 5.29. The van der Waals surface area contributed by atoms with Gasteiger partial charge in [0, 0.05) is 24.6 Å². The van der Waals surface area contributed by atoms with Gasteiger partial charge in [-0.15, -0.1) is 0 Å². The molecule has 0 aromatic rings. The molecule has 1 aliphatic rings. The minimum atomic E-state index is 0.0911. The van der Waals surface area contributed by atoms with E-state index in [-0.39, 0.29) is 23.9 Å². The molecule has 1 saturated carbocycles. The van der Waals surface area contributed by atoms with Crippen molar-refractivity contribution in [2.45, 2.75) is 52.1 Å². The second-order valence-corrected chi connectivity index (χ2v) is 5.22. The quantitative estimate of drug-likeness (QED) is 0.763. The third kappa shape index (κ3) is 4.64. The van der Waals surface area contributed by atoms with E-state index in [4.69, 9.17) is 10.5 Å². The fourth-order valence-electron chi connectivity index (χ4n) is 2.35. The number of hydrogen-bond donors (Lipinski definition) is 2. The summed E-state index contributed by atoms with van der Waals surface area (Å²) in [6.07, 6.45) is 2.78. The Balaban J connectivity index is 2.32. The smallest absolute Gasteiger partial charge is 0.223 e. The molecular formula is C13H26N2O2. The van der Waals surface area contributed by atoms with Gasteiger partial charge >= 0.3 is 0 Å². The molecule has 17 heavy (non-hydrogen) atoms. The zero-order valence-electron chi connectivity index (χ0n) is 11.2. The molecule has 4 unspecified atom stereocenters. The van der Waals surface area contributed by atoms with E-state index in [0.29, 0.717) is 19.1 Å². The number of carbonyl (C=O) groups is 1. The summed E-state index contributed by atoms with van der Waals surface area (Å²) in [5.74, 6) is 0.742. The number of hydrogen-bond acceptors (Lipinski definition) is 3. The van der Waals surface area contributed by atoms with Gasteiger partial charge in [0.2, 0.25) is 5.91 Å². The van der Waals surface area contributed by atoms with Crippen LogP contribution >= 0.6 is 0 Å². The highest BCUT2D eigenvalue weighted by molar-refractivity contribution is 5.79. The van der Waals surface area contributed by atoms with Crippen LogP contribution in [0, 0.1) is 11.8 Å². The van der Waals surface area contributed by atoms with Gasteiger partial charge in [0.25, 0.3) is 0 Å². The Labute approximate surface area is 104 Å². The molecular weight excluding hydrogens is 216 g/mol. The Morgan fingerprint density at radius 1 is 1.53 bits per heavy atom. The molecule has 1 fully saturated rings. The van der Waals surface area contributed by atoms with Gasteiger partial charge in [-0.3, -0.25) is 4.79 Å². The summed E-state index contributed by atoms with van der Waals surface area (Å²) in [6, 6.07) is 0.355. The van der Waals surface area contributed by atoms with Gasteiger partial charge in [0.05, 0.1) is 6.61 Å². The number of nitrogens with one attached hydrogen (secondary N) is 1. The molecule has 1 amide bonds. The van der Waals surface area contributed by atoms with Crippen LogP contribution in [0.2, 0.25) is 0 Å². The highest BCUT2D eigenvalue weighted by atomic mass is 16.5. The SMILES string of the molecule is CCOCC(C)NC(=O)C1CCC(N)C(C)C1. The molecule has 4 heteroatoms. The number of rotatable bonds is 5. The van der Waals surface area contributed by atoms with Crippen molar-refractivity contribution in [3.63, 3.8) is 0 Å². The maximum atomic E-state index is 12.0. The van der Waals surface area contributed by atoms with E-state index in [1.807, 2.05) is 13.8 Å². The van der Waals surface area contributed by atoms with Crippen LogP contribution < -0.4 is 11.1 Å². The first-order chi connectivity index (χ1) is 8.04. The number of amides is 1. The zero-order chi connectivity index (χ0) is 12.8. The third-order valence-corrected chi connectivity index (χ3v) is 3.57. The standard InChI is InChI=1S/C13H26N2O2/c1-4-17-8-10(3)15-13(16)11-5-6-12(14)9(2)7-11/h9-12H,4-8,14H2,1-3H3,(H,15,16). The Morgan fingerprint density at radius 2 is 2.24 bits per heavy atom. The lowest BCUT2D eigenvalue weighted by atomic mass is 9.79. The first kappa shape index (κ1) is 14.5. The van der Waals surface area contributed by atoms with Crippen LogP contribution in [0.4, 0.5) is 0 Å². The zero-order valence-corrected chi connectivity index (χ0v) is 11.2. The molecule has 4 atom stereocenters. The van der Waals surface area contributed by atoms with Crippen molar-refractivity contribution in [3.8, 4) is 0 Å². The Bertz CT molecular complexity index is 246. The minimum absolute atomic E-state index is 0.0911. The molecule has 100 valence electrons. The van der Waals surface area contributed by atoms with Gasteiger partial charge < -0.3 is 15.8 Å². The van der Waals surface area contributed by atoms with E-state index in [2.05, 4.69) is 12.2 Å². The van der Waals surface area contributed by atoms with Crippen LogP contribution in [0.1, 0.15) is 40.0 Å². The maximum absolute atomic E-state index is 12.0. The molecule has 3 N–H and O–H groups in total. The van der Waals surface area contributed by atoms with Gasteiger partial charge in [0.1, 0.15) is 0 Å². The Hall–Kier alpha value is -0.610. The van der Waals surface area contributed by atoms with E-state index in [1.165, 1.54) is 0 Å². The van der Waals surface area contributed by atoms with Gasteiger partial charge in [-0.1, -0.05) is 6.92 Å². The van der Waals surface area contributed by atoms with Crippen molar-refractivity contribution in [1.29, 1.82) is 0 Å². The molecule has 4 nitrogen and oxygen atoms in total. The summed E-state index contributed by atoms with van der Waals surface area (Å²) in [6.45, 7) is 7.34. The van der Waals surface area contributed by atoms with Crippen molar-refractivity contribution < 1.29 is 9.53 Å². The van der Waals surface area contributed by atoms with Crippen LogP contribution in [0.5, 0.6) is 0 Å². The molecule has 0 aromatic heterocycles. The van der Waals surface area contributed by atoms with Crippen LogP contribution in [-0.4, -0.2) is 31.2 Å². The van der Waals surface area contributed by atoms with Gasteiger partial charge in [-0.05, 0) is 39.0 Å². The molecule has 0 saturated heterocycles. The van der Waals surface area contributed by atoms with Crippen LogP contribution in [0.25, 0.3) is 0 Å². The molecule has 0 bridgehead atoms. The van der Waals surface area contributed by atoms with Gasteiger partial charge in [-0.2, -0.15) is 0 Å². The van der Waals surface area contributed by atoms with Crippen molar-refractivity contribution in [2.75, 3.05) is 13.2 Å². The minimum Gasteiger partial charge on any atom is -0.380 e. The third-order valence-electron chi connectivity index (χ3n) is 3.57.